The Labute approximate surface area is 60.3 Å². The third kappa shape index (κ3) is 2.43. The Morgan fingerprint density at radius 1 is 1.50 bits per heavy atom. The predicted octanol–water partition coefficient (Wildman–Crippen LogP) is 1.99. The van der Waals surface area contributed by atoms with E-state index in [0.29, 0.717) is 11.8 Å². The summed E-state index contributed by atoms with van der Waals surface area (Å²) in [5.74, 6) is -1.86. The van der Waals surface area contributed by atoms with Crippen LogP contribution in [0.15, 0.2) is 11.5 Å². The van der Waals surface area contributed by atoms with Crippen molar-refractivity contribution in [3.05, 3.63) is 11.5 Å². The van der Waals surface area contributed by atoms with E-state index >= 15 is 0 Å². The quantitative estimate of drug-likeness (QED) is 0.589. The number of carbonyl (C=O) groups excluding carboxylic acids is 1. The van der Waals surface area contributed by atoms with Crippen molar-refractivity contribution < 1.29 is 18.0 Å². The topological polar surface area (TPSA) is 17.1 Å². The number of allylic oxidation sites excluding steroid dienone is 1. The van der Waals surface area contributed by atoms with Gasteiger partial charge in [0.15, 0.2) is 0 Å². The maximum absolute atomic E-state index is 11.5. The fourth-order valence-corrected chi connectivity index (χ4v) is 0.552. The lowest BCUT2D eigenvalue weighted by molar-refractivity contribution is -0.165. The lowest BCUT2D eigenvalue weighted by atomic mass is 10.4. The summed E-state index contributed by atoms with van der Waals surface area (Å²) >= 11 is 0.696. The van der Waals surface area contributed by atoms with Crippen LogP contribution in [0, 0.1) is 0 Å². The second kappa shape index (κ2) is 3.09. The molecule has 0 N–H and O–H groups in total. The standard InChI is InChI=1S/C5H5F3OS/c1-3(10-2)4(9)5(6,7)8/h1H2,2H3. The van der Waals surface area contributed by atoms with E-state index in [2.05, 4.69) is 6.58 Å². The molecule has 0 radical (unpaired) electrons. The molecule has 0 rings (SSSR count). The molecule has 58 valence electrons. The van der Waals surface area contributed by atoms with Gasteiger partial charge in [0.05, 0.1) is 4.91 Å². The van der Waals surface area contributed by atoms with E-state index in [1.54, 1.807) is 0 Å². The van der Waals surface area contributed by atoms with E-state index < -0.39 is 16.9 Å². The molecule has 0 aromatic carbocycles. The third-order valence-electron chi connectivity index (χ3n) is 0.757. The lowest BCUT2D eigenvalue weighted by Gasteiger charge is -2.03. The summed E-state index contributed by atoms with van der Waals surface area (Å²) in [6.07, 6.45) is -3.41. The Morgan fingerprint density at radius 2 is 1.90 bits per heavy atom. The fraction of sp³-hybridized carbons (Fsp3) is 0.400. The largest absolute Gasteiger partial charge is 0.455 e. The minimum Gasteiger partial charge on any atom is -0.283 e. The van der Waals surface area contributed by atoms with Crippen LogP contribution in [-0.4, -0.2) is 18.2 Å². The van der Waals surface area contributed by atoms with Crippen molar-refractivity contribution >= 4 is 17.5 Å². The van der Waals surface area contributed by atoms with Crippen LogP contribution in [0.1, 0.15) is 0 Å². The summed E-state index contributed by atoms with van der Waals surface area (Å²) in [6.45, 7) is 2.93. The zero-order chi connectivity index (χ0) is 8.36. The highest BCUT2D eigenvalue weighted by atomic mass is 32.2. The fourth-order valence-electron chi connectivity index (χ4n) is 0.251. The van der Waals surface area contributed by atoms with E-state index in [-0.39, 0.29) is 0 Å². The van der Waals surface area contributed by atoms with Crippen LogP contribution in [0.4, 0.5) is 13.2 Å². The van der Waals surface area contributed by atoms with Gasteiger partial charge in [-0.05, 0) is 6.26 Å². The van der Waals surface area contributed by atoms with Crippen molar-refractivity contribution in [3.8, 4) is 0 Å². The molecule has 1 nitrogen and oxygen atoms in total. The van der Waals surface area contributed by atoms with Crippen LogP contribution in [0.3, 0.4) is 0 Å². The van der Waals surface area contributed by atoms with Crippen molar-refractivity contribution in [1.82, 2.24) is 0 Å². The van der Waals surface area contributed by atoms with Crippen molar-refractivity contribution in [3.63, 3.8) is 0 Å². The van der Waals surface area contributed by atoms with Crippen LogP contribution in [-0.2, 0) is 4.79 Å². The Hall–Kier alpha value is -0.450. The second-order valence-electron chi connectivity index (χ2n) is 1.45. The molecule has 0 unspecified atom stereocenters. The lowest BCUT2D eigenvalue weighted by Crippen LogP contribution is -2.22. The number of halogens is 3. The first-order valence-corrected chi connectivity index (χ1v) is 3.46. The van der Waals surface area contributed by atoms with Gasteiger partial charge in [0, 0.05) is 0 Å². The maximum atomic E-state index is 11.5. The third-order valence-corrected chi connectivity index (χ3v) is 1.44. The van der Waals surface area contributed by atoms with Gasteiger partial charge in [-0.25, -0.2) is 0 Å². The molecular formula is C5H5F3OS. The number of thioether (sulfide) groups is 1. The van der Waals surface area contributed by atoms with Crippen molar-refractivity contribution in [2.45, 2.75) is 6.18 Å². The molecule has 0 aliphatic heterocycles. The molecule has 0 spiro atoms. The smallest absolute Gasteiger partial charge is 0.283 e. The molecule has 10 heavy (non-hydrogen) atoms. The number of Topliss-reactive ketones (excluding diaryl/α,β-unsaturated/α-hetero) is 1. The van der Waals surface area contributed by atoms with Gasteiger partial charge < -0.3 is 0 Å². The van der Waals surface area contributed by atoms with Crippen molar-refractivity contribution in [1.29, 1.82) is 0 Å². The minimum absolute atomic E-state index is 0.479. The van der Waals surface area contributed by atoms with Gasteiger partial charge in [-0.3, -0.25) is 4.79 Å². The van der Waals surface area contributed by atoms with Crippen LogP contribution in [0.5, 0.6) is 0 Å². The first-order valence-electron chi connectivity index (χ1n) is 2.24. The molecule has 5 heteroatoms. The second-order valence-corrected chi connectivity index (χ2v) is 2.36. The van der Waals surface area contributed by atoms with Gasteiger partial charge in [0.25, 0.3) is 5.78 Å². The highest BCUT2D eigenvalue weighted by molar-refractivity contribution is 8.03. The summed E-state index contributed by atoms with van der Waals surface area (Å²) in [6, 6.07) is 0. The van der Waals surface area contributed by atoms with Gasteiger partial charge in [0.1, 0.15) is 0 Å². The zero-order valence-corrected chi connectivity index (χ0v) is 5.97. The molecule has 0 aliphatic carbocycles. The molecule has 0 amide bonds. The number of rotatable bonds is 2. The normalized spacial score (nSPS) is 11.2. The summed E-state index contributed by atoms with van der Waals surface area (Å²) in [7, 11) is 0. The van der Waals surface area contributed by atoms with Crippen molar-refractivity contribution in [2.24, 2.45) is 0 Å². The van der Waals surface area contributed by atoms with Crippen LogP contribution in [0.2, 0.25) is 0 Å². The molecule has 0 fully saturated rings. The molecule has 0 saturated carbocycles. The molecule has 0 heterocycles. The van der Waals surface area contributed by atoms with Crippen LogP contribution >= 0.6 is 11.8 Å². The Balaban J connectivity index is 4.24. The summed E-state index contributed by atoms with van der Waals surface area (Å²) < 4.78 is 34.4. The highest BCUT2D eigenvalue weighted by Gasteiger charge is 2.39. The molecule has 0 aromatic rings. The van der Waals surface area contributed by atoms with Gasteiger partial charge in [-0.1, -0.05) is 6.58 Å². The molecule has 0 atom stereocenters. The number of alkyl halides is 3. The monoisotopic (exact) mass is 170 g/mol. The van der Waals surface area contributed by atoms with E-state index in [9.17, 15) is 18.0 Å². The highest BCUT2D eigenvalue weighted by Crippen LogP contribution is 2.24. The zero-order valence-electron chi connectivity index (χ0n) is 5.16. The van der Waals surface area contributed by atoms with Crippen LogP contribution < -0.4 is 0 Å². The Kier molecular flexibility index (Phi) is 2.96. The predicted molar refractivity (Wildman–Crippen MR) is 33.7 cm³/mol. The molecule has 0 aliphatic rings. The molecule has 0 bridgehead atoms. The van der Waals surface area contributed by atoms with E-state index in [1.807, 2.05) is 0 Å². The SMILES string of the molecule is C=C(SC)C(=O)C(F)(F)F. The minimum atomic E-state index is -4.78. The van der Waals surface area contributed by atoms with Gasteiger partial charge in [-0.15, -0.1) is 11.8 Å². The first kappa shape index (κ1) is 9.55. The van der Waals surface area contributed by atoms with Gasteiger partial charge >= 0.3 is 6.18 Å². The molecule has 0 saturated heterocycles. The summed E-state index contributed by atoms with van der Waals surface area (Å²) in [4.78, 5) is 9.67. The average molecular weight is 170 g/mol. The summed E-state index contributed by atoms with van der Waals surface area (Å²) in [5, 5.41) is 0. The van der Waals surface area contributed by atoms with E-state index in [0.717, 1.165) is 0 Å². The van der Waals surface area contributed by atoms with E-state index in [4.69, 9.17) is 0 Å². The Bertz CT molecular complexity index is 161. The molecular weight excluding hydrogens is 165 g/mol. The Morgan fingerprint density at radius 3 is 2.00 bits per heavy atom. The summed E-state index contributed by atoms with van der Waals surface area (Å²) in [5.41, 5.74) is 0. The first-order chi connectivity index (χ1) is 4.39. The molecule has 0 aromatic heterocycles. The number of carbonyl (C=O) groups is 1. The van der Waals surface area contributed by atoms with Gasteiger partial charge in [0.2, 0.25) is 0 Å². The van der Waals surface area contributed by atoms with Crippen LogP contribution in [0.25, 0.3) is 0 Å². The maximum Gasteiger partial charge on any atom is 0.455 e. The van der Waals surface area contributed by atoms with Gasteiger partial charge in [-0.2, -0.15) is 13.2 Å². The number of hydrogen-bond acceptors (Lipinski definition) is 2. The van der Waals surface area contributed by atoms with Crippen molar-refractivity contribution in [2.75, 3.05) is 6.26 Å². The van der Waals surface area contributed by atoms with E-state index in [1.165, 1.54) is 6.26 Å². The number of ketones is 1. The number of hydrogen-bond donors (Lipinski definition) is 0. The average Bonchev–Trinajstić information content (AvgIpc) is 1.83.